The summed E-state index contributed by atoms with van der Waals surface area (Å²) in [5, 5.41) is 0. The van der Waals surface area contributed by atoms with Crippen LogP contribution in [0.4, 0.5) is 0 Å². The first-order chi connectivity index (χ1) is 15.1. The molecule has 2 nitrogen and oxygen atoms in total. The molecule has 4 rings (SSSR count). The first-order valence-corrected chi connectivity index (χ1v) is 13.9. The van der Waals surface area contributed by atoms with Crippen molar-refractivity contribution in [3.8, 4) is 0 Å². The molecule has 0 radical (unpaired) electrons. The minimum atomic E-state index is -0.133. The summed E-state index contributed by atoms with van der Waals surface area (Å²) in [4.78, 5) is 11.5. The molecule has 3 fully saturated rings. The van der Waals surface area contributed by atoms with Gasteiger partial charge in [-0.1, -0.05) is 60.0 Å². The maximum Gasteiger partial charge on any atom is 0.303 e. The Morgan fingerprint density at radius 2 is 1.75 bits per heavy atom. The number of hydrogen-bond donors (Lipinski definition) is 0. The second kappa shape index (κ2) is 9.10. The Hall–Kier alpha value is -0.790. The minimum absolute atomic E-state index is 0.0194. The molecule has 4 aliphatic carbocycles. The Balaban J connectivity index is 1.47. The Labute approximate surface area is 198 Å². The number of carbonyl (C=O) groups is 1. The number of allylic oxidation sites excluding steroid dienone is 1. The predicted octanol–water partition coefficient (Wildman–Crippen LogP) is 8.21. The summed E-state index contributed by atoms with van der Waals surface area (Å²) >= 11 is 0. The van der Waals surface area contributed by atoms with Crippen molar-refractivity contribution in [3.63, 3.8) is 0 Å². The third-order valence-electron chi connectivity index (χ3n) is 11.4. The van der Waals surface area contributed by atoms with E-state index < -0.39 is 0 Å². The van der Waals surface area contributed by atoms with Crippen molar-refractivity contribution in [1.29, 1.82) is 0 Å². The van der Waals surface area contributed by atoms with E-state index in [2.05, 4.69) is 47.6 Å². The SMILES string of the molecule is CC(=O)O[C@@H]1C=C2CC[C@H]3[C@@H]4CC[C@H]([C@H](C)CC[C@H](C)C(C)C)[C@@]4(C)CC[C@@H]3[C@@]2(C)CC1. The van der Waals surface area contributed by atoms with Gasteiger partial charge in [-0.25, -0.2) is 0 Å². The maximum absolute atomic E-state index is 11.5. The van der Waals surface area contributed by atoms with E-state index in [4.69, 9.17) is 4.74 Å². The molecule has 0 N–H and O–H groups in total. The van der Waals surface area contributed by atoms with Gasteiger partial charge in [-0.05, 0) is 110 Å². The predicted molar refractivity (Wildman–Crippen MR) is 133 cm³/mol. The van der Waals surface area contributed by atoms with Crippen molar-refractivity contribution in [1.82, 2.24) is 0 Å². The zero-order chi connectivity index (χ0) is 23.3. The molecule has 9 atom stereocenters. The molecule has 0 saturated heterocycles. The van der Waals surface area contributed by atoms with E-state index in [0.717, 1.165) is 47.8 Å². The molecule has 0 unspecified atom stereocenters. The highest BCUT2D eigenvalue weighted by Gasteiger charge is 2.59. The zero-order valence-electron chi connectivity index (χ0n) is 22.1. The highest BCUT2D eigenvalue weighted by atomic mass is 16.5. The van der Waals surface area contributed by atoms with E-state index in [0.29, 0.717) is 10.8 Å². The molecule has 0 aromatic heterocycles. The normalized spacial score (nSPS) is 43.0. The average Bonchev–Trinajstić information content (AvgIpc) is 3.08. The van der Waals surface area contributed by atoms with E-state index in [1.165, 1.54) is 57.8 Å². The lowest BCUT2D eigenvalue weighted by molar-refractivity contribution is -0.145. The van der Waals surface area contributed by atoms with E-state index in [-0.39, 0.29) is 12.1 Å². The average molecular weight is 443 g/mol. The van der Waals surface area contributed by atoms with Crippen molar-refractivity contribution < 1.29 is 9.53 Å². The minimum Gasteiger partial charge on any atom is -0.458 e. The Morgan fingerprint density at radius 3 is 2.44 bits per heavy atom. The van der Waals surface area contributed by atoms with Crippen molar-refractivity contribution in [2.45, 2.75) is 119 Å². The van der Waals surface area contributed by atoms with Crippen LogP contribution in [-0.2, 0) is 9.53 Å². The van der Waals surface area contributed by atoms with Crippen LogP contribution in [0.5, 0.6) is 0 Å². The summed E-state index contributed by atoms with van der Waals surface area (Å²) in [5.41, 5.74) is 2.52. The van der Waals surface area contributed by atoms with Crippen LogP contribution in [0.3, 0.4) is 0 Å². The monoisotopic (exact) mass is 442 g/mol. The first kappa shape index (κ1) is 24.3. The first-order valence-electron chi connectivity index (χ1n) is 13.9. The molecule has 0 spiro atoms. The van der Waals surface area contributed by atoms with Gasteiger partial charge in [0.15, 0.2) is 0 Å². The quantitative estimate of drug-likeness (QED) is 0.306. The summed E-state index contributed by atoms with van der Waals surface area (Å²) in [5.74, 6) is 6.01. The highest BCUT2D eigenvalue weighted by molar-refractivity contribution is 5.66. The summed E-state index contributed by atoms with van der Waals surface area (Å²) in [6, 6.07) is 0. The molecule has 0 heterocycles. The summed E-state index contributed by atoms with van der Waals surface area (Å²) in [6.07, 6.45) is 15.8. The molecule has 32 heavy (non-hydrogen) atoms. The van der Waals surface area contributed by atoms with Gasteiger partial charge in [-0.3, -0.25) is 4.79 Å². The van der Waals surface area contributed by atoms with Crippen LogP contribution < -0.4 is 0 Å². The number of carbonyl (C=O) groups excluding carboxylic acids is 1. The number of hydrogen-bond acceptors (Lipinski definition) is 2. The van der Waals surface area contributed by atoms with Crippen LogP contribution in [0.15, 0.2) is 11.6 Å². The van der Waals surface area contributed by atoms with E-state index in [9.17, 15) is 4.79 Å². The number of rotatable bonds is 6. The topological polar surface area (TPSA) is 26.3 Å². The van der Waals surface area contributed by atoms with Crippen molar-refractivity contribution in [2.24, 2.45) is 52.3 Å². The standard InChI is InChI=1S/C30H50O2/c1-19(2)20(3)8-9-21(4)26-12-13-27-25-11-10-23-18-24(32-22(5)31)14-16-29(23,6)28(25)15-17-30(26,27)7/h18-21,24-28H,8-17H2,1-7H3/t20-,21+,24-,25-,26+,27-,28-,29-,30+/m0/s1. The van der Waals surface area contributed by atoms with Crippen LogP contribution in [0.1, 0.15) is 113 Å². The van der Waals surface area contributed by atoms with E-state index >= 15 is 0 Å². The number of esters is 1. The molecular formula is C30H50O2. The lowest BCUT2D eigenvalue weighted by atomic mass is 9.46. The molecule has 0 aromatic carbocycles. The molecule has 2 heteroatoms. The Bertz CT molecular complexity index is 722. The molecule has 0 amide bonds. The Kier molecular flexibility index (Phi) is 6.92. The lowest BCUT2D eigenvalue weighted by Crippen LogP contribution is -2.51. The molecule has 4 aliphatic rings. The molecule has 3 saturated carbocycles. The van der Waals surface area contributed by atoms with Crippen LogP contribution in [0.2, 0.25) is 0 Å². The summed E-state index contributed by atoms with van der Waals surface area (Å²) in [7, 11) is 0. The van der Waals surface area contributed by atoms with E-state index in [1.54, 1.807) is 12.5 Å². The zero-order valence-corrected chi connectivity index (χ0v) is 22.1. The largest absolute Gasteiger partial charge is 0.458 e. The van der Waals surface area contributed by atoms with Gasteiger partial charge >= 0.3 is 5.97 Å². The molecule has 0 bridgehead atoms. The van der Waals surface area contributed by atoms with Crippen LogP contribution in [-0.4, -0.2) is 12.1 Å². The van der Waals surface area contributed by atoms with Crippen molar-refractivity contribution in [2.75, 3.05) is 0 Å². The fourth-order valence-electron chi connectivity index (χ4n) is 9.04. The van der Waals surface area contributed by atoms with Gasteiger partial charge in [0.25, 0.3) is 0 Å². The van der Waals surface area contributed by atoms with Gasteiger partial charge in [0.1, 0.15) is 6.10 Å². The van der Waals surface area contributed by atoms with Crippen LogP contribution in [0.25, 0.3) is 0 Å². The van der Waals surface area contributed by atoms with Gasteiger partial charge in [0, 0.05) is 6.92 Å². The van der Waals surface area contributed by atoms with Gasteiger partial charge in [0.05, 0.1) is 0 Å². The molecule has 0 aliphatic heterocycles. The van der Waals surface area contributed by atoms with Gasteiger partial charge < -0.3 is 4.74 Å². The van der Waals surface area contributed by atoms with Crippen LogP contribution in [0, 0.1) is 52.3 Å². The van der Waals surface area contributed by atoms with Gasteiger partial charge in [-0.15, -0.1) is 0 Å². The third-order valence-corrected chi connectivity index (χ3v) is 11.4. The smallest absolute Gasteiger partial charge is 0.303 e. The van der Waals surface area contributed by atoms with Gasteiger partial charge in [-0.2, -0.15) is 0 Å². The second-order valence-corrected chi connectivity index (χ2v) is 13.2. The second-order valence-electron chi connectivity index (χ2n) is 13.2. The van der Waals surface area contributed by atoms with E-state index in [1.807, 2.05) is 0 Å². The number of fused-ring (bicyclic) bond motifs is 5. The lowest BCUT2D eigenvalue weighted by Gasteiger charge is -2.59. The molecule has 182 valence electrons. The summed E-state index contributed by atoms with van der Waals surface area (Å²) < 4.78 is 5.59. The molecular weight excluding hydrogens is 392 g/mol. The number of ether oxygens (including phenoxy) is 1. The maximum atomic E-state index is 11.5. The third kappa shape index (κ3) is 4.22. The van der Waals surface area contributed by atoms with Crippen molar-refractivity contribution >= 4 is 5.97 Å². The highest BCUT2D eigenvalue weighted by Crippen LogP contribution is 2.67. The fraction of sp³-hybridized carbons (Fsp3) is 0.900. The summed E-state index contributed by atoms with van der Waals surface area (Å²) in [6.45, 7) is 16.6. The molecule has 0 aromatic rings. The van der Waals surface area contributed by atoms with Crippen LogP contribution >= 0.6 is 0 Å². The fourth-order valence-corrected chi connectivity index (χ4v) is 9.04. The van der Waals surface area contributed by atoms with Gasteiger partial charge in [0.2, 0.25) is 0 Å². The Morgan fingerprint density at radius 1 is 1.00 bits per heavy atom. The van der Waals surface area contributed by atoms with Crippen molar-refractivity contribution in [3.05, 3.63) is 11.6 Å².